The predicted octanol–water partition coefficient (Wildman–Crippen LogP) is 17.6. The van der Waals surface area contributed by atoms with Crippen LogP contribution in [0.15, 0.2) is 0 Å². The van der Waals surface area contributed by atoms with Gasteiger partial charge in [0.2, 0.25) is 0 Å². The third-order valence-electron chi connectivity index (χ3n) is 13.1. The molecule has 0 amide bonds. The highest BCUT2D eigenvalue weighted by Gasteiger charge is 2.19. The Morgan fingerprint density at radius 3 is 0.852 bits per heavy atom. The first kappa shape index (κ1) is 59.4. The van der Waals surface area contributed by atoms with Crippen molar-refractivity contribution in [1.29, 1.82) is 0 Å². The summed E-state index contributed by atoms with van der Waals surface area (Å²) in [6.45, 7) is 13.8. The van der Waals surface area contributed by atoms with Crippen LogP contribution >= 0.6 is 0 Å². The van der Waals surface area contributed by atoms with Crippen molar-refractivity contribution in [3.8, 4) is 0 Å². The molecule has 0 fully saturated rings. The van der Waals surface area contributed by atoms with Gasteiger partial charge < -0.3 is 14.2 Å². The Kier molecular flexibility index (Phi) is 45.2. The Hall–Kier alpha value is -1.59. The molecule has 0 heterocycles. The second kappa shape index (κ2) is 46.4. The maximum absolute atomic E-state index is 12.8. The molecule has 61 heavy (non-hydrogen) atoms. The van der Waals surface area contributed by atoms with E-state index < -0.39 is 6.10 Å². The van der Waals surface area contributed by atoms with Crippen LogP contribution in [0, 0.1) is 17.8 Å². The lowest BCUT2D eigenvalue weighted by Crippen LogP contribution is -2.30. The summed E-state index contributed by atoms with van der Waals surface area (Å²) in [6, 6.07) is 0. The molecule has 0 aliphatic rings. The molecule has 0 saturated heterocycles. The van der Waals surface area contributed by atoms with Crippen molar-refractivity contribution < 1.29 is 28.6 Å². The molecule has 0 aliphatic heterocycles. The Labute approximate surface area is 380 Å². The van der Waals surface area contributed by atoms with Gasteiger partial charge in [0.15, 0.2) is 6.10 Å². The van der Waals surface area contributed by atoms with Crippen LogP contribution in [-0.4, -0.2) is 37.2 Å². The molecule has 0 saturated carbocycles. The van der Waals surface area contributed by atoms with E-state index in [0.717, 1.165) is 75.5 Å². The standard InChI is InChI=1S/C55H106O6/c1-7-50(5)42-36-30-24-17-13-11-9-10-12-14-19-26-32-38-44-53(56)59-47-52(61-55(58)46-40-34-28-22-21-23-29-35-41-49(3)4)48-60-54(57)45-39-33-27-20-16-15-18-25-31-37-43-51(6)8-2/h49-52H,7-48H2,1-6H3/t50?,51?,52-/m1/s1. The molecule has 0 rings (SSSR count). The Bertz CT molecular complexity index is 949. The van der Waals surface area contributed by atoms with E-state index in [1.807, 2.05) is 0 Å². The number of esters is 3. The SMILES string of the molecule is CCC(C)CCCCCCCCCCCCCCCCC(=O)OC[C@H](COC(=O)CCCCCCCCCCCCC(C)CC)OC(=O)CCCCCCCCCCC(C)C. The number of rotatable bonds is 48. The zero-order valence-corrected chi connectivity index (χ0v) is 42.0. The normalized spacial score (nSPS) is 13.0. The Morgan fingerprint density at radius 1 is 0.328 bits per heavy atom. The molecule has 6 heteroatoms. The topological polar surface area (TPSA) is 78.9 Å². The van der Waals surface area contributed by atoms with Gasteiger partial charge in [0, 0.05) is 19.3 Å². The molecule has 0 radical (unpaired) electrons. The number of hydrogen-bond donors (Lipinski definition) is 0. The van der Waals surface area contributed by atoms with Crippen LogP contribution in [0.5, 0.6) is 0 Å². The molecule has 0 aromatic rings. The molecule has 3 atom stereocenters. The van der Waals surface area contributed by atoms with Gasteiger partial charge in [-0.15, -0.1) is 0 Å². The van der Waals surface area contributed by atoms with Gasteiger partial charge in [0.1, 0.15) is 13.2 Å². The largest absolute Gasteiger partial charge is 0.462 e. The molecule has 0 aromatic heterocycles. The highest BCUT2D eigenvalue weighted by molar-refractivity contribution is 5.71. The Balaban J connectivity index is 4.28. The third-order valence-corrected chi connectivity index (χ3v) is 13.1. The van der Waals surface area contributed by atoms with Crippen molar-refractivity contribution in [3.63, 3.8) is 0 Å². The lowest BCUT2D eigenvalue weighted by Gasteiger charge is -2.18. The molecule has 0 N–H and O–H groups in total. The lowest BCUT2D eigenvalue weighted by atomic mass is 9.99. The fourth-order valence-corrected chi connectivity index (χ4v) is 8.23. The molecule has 6 nitrogen and oxygen atoms in total. The number of hydrogen-bond acceptors (Lipinski definition) is 6. The third kappa shape index (κ3) is 46.2. The number of carbonyl (C=O) groups excluding carboxylic acids is 3. The fourth-order valence-electron chi connectivity index (χ4n) is 8.23. The van der Waals surface area contributed by atoms with Gasteiger partial charge in [-0.25, -0.2) is 0 Å². The van der Waals surface area contributed by atoms with Crippen molar-refractivity contribution in [3.05, 3.63) is 0 Å². The Morgan fingerprint density at radius 2 is 0.574 bits per heavy atom. The van der Waals surface area contributed by atoms with Crippen molar-refractivity contribution in [2.75, 3.05) is 13.2 Å². The van der Waals surface area contributed by atoms with Crippen molar-refractivity contribution >= 4 is 17.9 Å². The summed E-state index contributed by atoms with van der Waals surface area (Å²) >= 11 is 0. The molecule has 0 bridgehead atoms. The predicted molar refractivity (Wildman–Crippen MR) is 261 cm³/mol. The molecule has 0 aliphatic carbocycles. The minimum Gasteiger partial charge on any atom is -0.462 e. The molecular weight excluding hydrogens is 757 g/mol. The van der Waals surface area contributed by atoms with E-state index in [9.17, 15) is 14.4 Å². The summed E-state index contributed by atoms with van der Waals surface area (Å²) in [5, 5.41) is 0. The smallest absolute Gasteiger partial charge is 0.306 e. The van der Waals surface area contributed by atoms with Gasteiger partial charge in [-0.3, -0.25) is 14.4 Å². The van der Waals surface area contributed by atoms with Gasteiger partial charge >= 0.3 is 17.9 Å². The number of carbonyl (C=O) groups is 3. The molecule has 0 aromatic carbocycles. The second-order valence-electron chi connectivity index (χ2n) is 19.8. The van der Waals surface area contributed by atoms with E-state index in [1.54, 1.807) is 0 Å². The van der Waals surface area contributed by atoms with Crippen LogP contribution in [-0.2, 0) is 28.6 Å². The highest BCUT2D eigenvalue weighted by atomic mass is 16.6. The summed E-state index contributed by atoms with van der Waals surface area (Å²) in [5.41, 5.74) is 0. The van der Waals surface area contributed by atoms with E-state index >= 15 is 0 Å². The molecule has 2 unspecified atom stereocenters. The summed E-state index contributed by atoms with van der Waals surface area (Å²) < 4.78 is 16.8. The first-order chi connectivity index (χ1) is 29.7. The summed E-state index contributed by atoms with van der Waals surface area (Å²) in [7, 11) is 0. The van der Waals surface area contributed by atoms with Crippen LogP contribution < -0.4 is 0 Å². The average molecular weight is 863 g/mol. The average Bonchev–Trinajstić information content (AvgIpc) is 3.24. The lowest BCUT2D eigenvalue weighted by molar-refractivity contribution is -0.167. The minimum atomic E-state index is -0.763. The van der Waals surface area contributed by atoms with E-state index in [1.165, 1.54) is 180 Å². The maximum Gasteiger partial charge on any atom is 0.306 e. The van der Waals surface area contributed by atoms with E-state index in [2.05, 4.69) is 41.5 Å². The van der Waals surface area contributed by atoms with Gasteiger partial charge in [-0.1, -0.05) is 260 Å². The van der Waals surface area contributed by atoms with Gasteiger partial charge in [-0.2, -0.15) is 0 Å². The zero-order valence-electron chi connectivity index (χ0n) is 42.0. The van der Waals surface area contributed by atoms with Crippen LogP contribution in [0.25, 0.3) is 0 Å². The fraction of sp³-hybridized carbons (Fsp3) is 0.945. The van der Waals surface area contributed by atoms with E-state index in [-0.39, 0.29) is 31.1 Å². The summed E-state index contributed by atoms with van der Waals surface area (Å²) in [6.07, 6.45) is 46.5. The maximum atomic E-state index is 12.8. The second-order valence-corrected chi connectivity index (χ2v) is 19.8. The summed E-state index contributed by atoms with van der Waals surface area (Å²) in [4.78, 5) is 38.0. The van der Waals surface area contributed by atoms with Crippen molar-refractivity contribution in [2.24, 2.45) is 17.8 Å². The monoisotopic (exact) mass is 863 g/mol. The van der Waals surface area contributed by atoms with Crippen molar-refractivity contribution in [1.82, 2.24) is 0 Å². The number of ether oxygens (including phenoxy) is 3. The van der Waals surface area contributed by atoms with Gasteiger partial charge in [0.25, 0.3) is 0 Å². The van der Waals surface area contributed by atoms with Gasteiger partial charge in [0.05, 0.1) is 0 Å². The molecule has 362 valence electrons. The minimum absolute atomic E-state index is 0.0647. The van der Waals surface area contributed by atoms with E-state index in [0.29, 0.717) is 19.3 Å². The first-order valence-electron chi connectivity index (χ1n) is 27.2. The zero-order chi connectivity index (χ0) is 44.9. The highest BCUT2D eigenvalue weighted by Crippen LogP contribution is 2.19. The van der Waals surface area contributed by atoms with Gasteiger partial charge in [-0.05, 0) is 37.0 Å². The van der Waals surface area contributed by atoms with E-state index in [4.69, 9.17) is 14.2 Å². The molecular formula is C55H106O6. The number of unbranched alkanes of at least 4 members (excludes halogenated alkanes) is 29. The van der Waals surface area contributed by atoms with Crippen LogP contribution in [0.4, 0.5) is 0 Å². The molecule has 0 spiro atoms. The van der Waals surface area contributed by atoms with Crippen LogP contribution in [0.2, 0.25) is 0 Å². The summed E-state index contributed by atoms with van der Waals surface area (Å²) in [5.74, 6) is 1.71. The quantitative estimate of drug-likeness (QED) is 0.0344. The first-order valence-corrected chi connectivity index (χ1v) is 27.2. The van der Waals surface area contributed by atoms with Crippen LogP contribution in [0.1, 0.15) is 298 Å². The van der Waals surface area contributed by atoms with Crippen LogP contribution in [0.3, 0.4) is 0 Å². The van der Waals surface area contributed by atoms with Crippen molar-refractivity contribution in [2.45, 2.75) is 304 Å².